The summed E-state index contributed by atoms with van der Waals surface area (Å²) in [6, 6.07) is 8.79. The van der Waals surface area contributed by atoms with Gasteiger partial charge in [-0.15, -0.1) is 0 Å². The van der Waals surface area contributed by atoms with Crippen LogP contribution in [0.2, 0.25) is 0 Å². The van der Waals surface area contributed by atoms with E-state index in [1.54, 1.807) is 0 Å². The predicted molar refractivity (Wildman–Crippen MR) is 63.1 cm³/mol. The number of rotatable bonds is 4. The number of nitrogens with one attached hydrogen (secondary N) is 2. The number of nitrogens with two attached hydrogens (primary N) is 1. The molecular weight excluding hydrogens is 218 g/mol. The lowest BCUT2D eigenvalue weighted by Gasteiger charge is -2.36. The molecule has 5 heteroatoms. The van der Waals surface area contributed by atoms with Crippen molar-refractivity contribution in [1.29, 1.82) is 0 Å². The van der Waals surface area contributed by atoms with Crippen molar-refractivity contribution in [2.24, 2.45) is 5.73 Å². The molecule has 1 aliphatic rings. The van der Waals surface area contributed by atoms with Gasteiger partial charge >= 0.3 is 0 Å². The summed E-state index contributed by atoms with van der Waals surface area (Å²) in [6.07, 6.45) is 0.280. The van der Waals surface area contributed by atoms with E-state index in [1.165, 1.54) is 0 Å². The summed E-state index contributed by atoms with van der Waals surface area (Å²) in [5, 5.41) is 5.32. The predicted octanol–water partition coefficient (Wildman–Crippen LogP) is -0.829. The van der Waals surface area contributed by atoms with Crippen LogP contribution in [0.4, 0.5) is 0 Å². The first-order chi connectivity index (χ1) is 8.20. The number of carbonyl (C=O) groups excluding carboxylic acids is 2. The quantitative estimate of drug-likeness (QED) is 0.593. The lowest BCUT2D eigenvalue weighted by atomic mass is 9.99. The van der Waals surface area contributed by atoms with Crippen molar-refractivity contribution in [3.05, 3.63) is 35.9 Å². The highest BCUT2D eigenvalue weighted by Gasteiger charge is 2.39. The Balaban J connectivity index is 1.87. The highest BCUT2D eigenvalue weighted by atomic mass is 16.2. The summed E-state index contributed by atoms with van der Waals surface area (Å²) in [5.74, 6) is -0.323. The average molecular weight is 233 g/mol. The van der Waals surface area contributed by atoms with Crippen molar-refractivity contribution in [2.75, 3.05) is 6.54 Å². The summed E-state index contributed by atoms with van der Waals surface area (Å²) in [6.45, 7) is 0.335. The Labute approximate surface area is 99.4 Å². The van der Waals surface area contributed by atoms with Gasteiger partial charge in [-0.3, -0.25) is 9.59 Å². The monoisotopic (exact) mass is 233 g/mol. The second-order valence-electron chi connectivity index (χ2n) is 4.06. The van der Waals surface area contributed by atoms with Gasteiger partial charge in [0.15, 0.2) is 0 Å². The van der Waals surface area contributed by atoms with Crippen LogP contribution in [-0.2, 0) is 16.0 Å². The summed E-state index contributed by atoms with van der Waals surface area (Å²) >= 11 is 0. The van der Waals surface area contributed by atoms with Gasteiger partial charge in [-0.25, -0.2) is 0 Å². The molecule has 0 radical (unpaired) electrons. The molecule has 17 heavy (non-hydrogen) atoms. The Kier molecular flexibility index (Phi) is 3.39. The standard InChI is InChI=1S/C12H15N3O2/c13-7-9-11(12(17)14-9)15-10(16)6-8-4-2-1-3-5-8/h1-5,9,11H,6-7,13H2,(H,14,17)(H,15,16)/t9-,11+/m1/s1. The Hall–Kier alpha value is -1.88. The zero-order chi connectivity index (χ0) is 12.3. The molecule has 5 nitrogen and oxygen atoms in total. The van der Waals surface area contributed by atoms with Crippen molar-refractivity contribution in [3.8, 4) is 0 Å². The largest absolute Gasteiger partial charge is 0.348 e. The number of benzene rings is 1. The number of amides is 2. The maximum Gasteiger partial charge on any atom is 0.245 e. The third kappa shape index (κ3) is 2.62. The van der Waals surface area contributed by atoms with Gasteiger partial charge in [-0.1, -0.05) is 30.3 Å². The van der Waals surface area contributed by atoms with Crippen LogP contribution in [-0.4, -0.2) is 30.4 Å². The van der Waals surface area contributed by atoms with E-state index < -0.39 is 6.04 Å². The number of carbonyl (C=O) groups is 2. The van der Waals surface area contributed by atoms with E-state index in [2.05, 4.69) is 10.6 Å². The van der Waals surface area contributed by atoms with E-state index in [9.17, 15) is 9.59 Å². The normalized spacial score (nSPS) is 22.5. The summed E-state index contributed by atoms with van der Waals surface area (Å²) < 4.78 is 0. The molecule has 4 N–H and O–H groups in total. The van der Waals surface area contributed by atoms with E-state index in [0.717, 1.165) is 5.56 Å². The van der Waals surface area contributed by atoms with Gasteiger partial charge in [0, 0.05) is 6.54 Å². The molecule has 1 heterocycles. The maximum atomic E-state index is 11.7. The fourth-order valence-corrected chi connectivity index (χ4v) is 1.81. The lowest BCUT2D eigenvalue weighted by molar-refractivity contribution is -0.135. The van der Waals surface area contributed by atoms with E-state index in [1.807, 2.05) is 30.3 Å². The van der Waals surface area contributed by atoms with Crippen LogP contribution >= 0.6 is 0 Å². The van der Waals surface area contributed by atoms with Crippen molar-refractivity contribution >= 4 is 11.8 Å². The van der Waals surface area contributed by atoms with E-state index in [0.29, 0.717) is 6.54 Å². The third-order valence-corrected chi connectivity index (χ3v) is 2.79. The zero-order valence-corrected chi connectivity index (χ0v) is 9.35. The molecule has 0 aliphatic carbocycles. The molecule has 1 aromatic rings. The highest BCUT2D eigenvalue weighted by molar-refractivity contribution is 5.93. The molecule has 1 aliphatic heterocycles. The van der Waals surface area contributed by atoms with E-state index in [4.69, 9.17) is 5.73 Å². The van der Waals surface area contributed by atoms with Crippen LogP contribution in [0.5, 0.6) is 0 Å². The van der Waals surface area contributed by atoms with Gasteiger partial charge in [0.1, 0.15) is 6.04 Å². The molecule has 0 unspecified atom stereocenters. The molecular formula is C12H15N3O2. The molecule has 2 rings (SSSR count). The molecule has 2 amide bonds. The number of β-lactam (4-membered cyclic amide) rings is 1. The summed E-state index contributed by atoms with van der Waals surface area (Å²) in [7, 11) is 0. The number of hydrogen-bond acceptors (Lipinski definition) is 3. The van der Waals surface area contributed by atoms with Crippen LogP contribution in [0.25, 0.3) is 0 Å². The van der Waals surface area contributed by atoms with E-state index in [-0.39, 0.29) is 24.3 Å². The van der Waals surface area contributed by atoms with Gasteiger partial charge in [0.05, 0.1) is 12.5 Å². The molecule has 90 valence electrons. The van der Waals surface area contributed by atoms with Gasteiger partial charge in [-0.05, 0) is 5.56 Å². The van der Waals surface area contributed by atoms with Crippen molar-refractivity contribution in [3.63, 3.8) is 0 Å². The Morgan fingerprint density at radius 3 is 2.65 bits per heavy atom. The SMILES string of the molecule is NC[C@H]1NC(=O)[C@H]1NC(=O)Cc1ccccc1. The van der Waals surface area contributed by atoms with Crippen LogP contribution in [0.1, 0.15) is 5.56 Å². The summed E-state index contributed by atoms with van der Waals surface area (Å²) in [4.78, 5) is 22.9. The minimum Gasteiger partial charge on any atom is -0.348 e. The van der Waals surface area contributed by atoms with Gasteiger partial charge in [-0.2, -0.15) is 0 Å². The Bertz CT molecular complexity index is 419. The van der Waals surface area contributed by atoms with Gasteiger partial charge in [0.2, 0.25) is 11.8 Å². The second-order valence-corrected chi connectivity index (χ2v) is 4.06. The molecule has 0 bridgehead atoms. The third-order valence-electron chi connectivity index (χ3n) is 2.79. The van der Waals surface area contributed by atoms with Crippen LogP contribution in [0.15, 0.2) is 30.3 Å². The van der Waals surface area contributed by atoms with Gasteiger partial charge < -0.3 is 16.4 Å². The fraction of sp³-hybridized carbons (Fsp3) is 0.333. The van der Waals surface area contributed by atoms with Crippen molar-refractivity contribution in [2.45, 2.75) is 18.5 Å². The topological polar surface area (TPSA) is 84.2 Å². The first-order valence-electron chi connectivity index (χ1n) is 5.54. The Morgan fingerprint density at radius 2 is 2.06 bits per heavy atom. The van der Waals surface area contributed by atoms with Crippen LogP contribution < -0.4 is 16.4 Å². The minimum absolute atomic E-state index is 0.137. The first kappa shape index (κ1) is 11.6. The minimum atomic E-state index is -0.476. The van der Waals surface area contributed by atoms with Crippen LogP contribution in [0, 0.1) is 0 Å². The summed E-state index contributed by atoms with van der Waals surface area (Å²) in [5.41, 5.74) is 6.37. The van der Waals surface area contributed by atoms with Crippen molar-refractivity contribution in [1.82, 2.24) is 10.6 Å². The molecule has 1 fully saturated rings. The van der Waals surface area contributed by atoms with Crippen LogP contribution in [0.3, 0.4) is 0 Å². The van der Waals surface area contributed by atoms with Crippen molar-refractivity contribution < 1.29 is 9.59 Å². The zero-order valence-electron chi connectivity index (χ0n) is 9.35. The molecule has 1 saturated heterocycles. The smallest absolute Gasteiger partial charge is 0.245 e. The van der Waals surface area contributed by atoms with Gasteiger partial charge in [0.25, 0.3) is 0 Å². The van der Waals surface area contributed by atoms with E-state index >= 15 is 0 Å². The first-order valence-corrected chi connectivity index (χ1v) is 5.54. The Morgan fingerprint density at radius 1 is 1.35 bits per heavy atom. The highest BCUT2D eigenvalue weighted by Crippen LogP contribution is 2.06. The molecule has 0 saturated carbocycles. The molecule has 1 aromatic carbocycles. The molecule has 2 atom stereocenters. The molecule has 0 aromatic heterocycles. The molecule has 0 spiro atoms. The second kappa shape index (κ2) is 4.97. The lowest BCUT2D eigenvalue weighted by Crippen LogP contribution is -2.71. The average Bonchev–Trinajstić information content (AvgIpc) is 2.34. The number of hydrogen-bond donors (Lipinski definition) is 3. The maximum absolute atomic E-state index is 11.7. The fourth-order valence-electron chi connectivity index (χ4n) is 1.81.